The molecule has 11 aromatic carbocycles. The van der Waals surface area contributed by atoms with Crippen molar-refractivity contribution >= 4 is 38.9 Å². The molecule has 2 aliphatic rings. The molecular weight excluding hydrogens is 833 g/mol. The average Bonchev–Trinajstić information content (AvgIpc) is 4.04. The predicted molar refractivity (Wildman–Crippen MR) is 288 cm³/mol. The fourth-order valence-corrected chi connectivity index (χ4v) is 12.0. The second-order valence-electron chi connectivity index (χ2n) is 18.3. The Morgan fingerprint density at radius 1 is 0.275 bits per heavy atom. The van der Waals surface area contributed by atoms with Gasteiger partial charge in [-0.3, -0.25) is 0 Å². The fourth-order valence-electron chi connectivity index (χ4n) is 12.0. The molecule has 1 aromatic heterocycles. The first-order valence-corrected chi connectivity index (χ1v) is 23.9. The SMILES string of the molecule is c1ccc(-c2cccc(N(c3ccc(-c4ccccc4-c4cccc5c4-c4ccccc4C54c5ccccc5-c5ccccc54)cc3)c3ccc4c(c3)c3ccccc3n4-c3ccccc3)c2)cc1. The predicted octanol–water partition coefficient (Wildman–Crippen LogP) is 17.6. The summed E-state index contributed by atoms with van der Waals surface area (Å²) >= 11 is 0. The van der Waals surface area contributed by atoms with Crippen molar-refractivity contribution in [2.45, 2.75) is 5.41 Å². The summed E-state index contributed by atoms with van der Waals surface area (Å²) in [7, 11) is 0. The Labute approximate surface area is 402 Å². The van der Waals surface area contributed by atoms with E-state index in [1.54, 1.807) is 0 Å². The van der Waals surface area contributed by atoms with Crippen LogP contribution in [0.3, 0.4) is 0 Å². The van der Waals surface area contributed by atoms with Gasteiger partial charge in [0.25, 0.3) is 0 Å². The molecule has 1 heterocycles. The molecule has 0 N–H and O–H groups in total. The number of anilines is 3. The summed E-state index contributed by atoms with van der Waals surface area (Å²) in [6.45, 7) is 0. The molecule has 1 spiro atoms. The van der Waals surface area contributed by atoms with Gasteiger partial charge in [0, 0.05) is 33.5 Å². The van der Waals surface area contributed by atoms with Gasteiger partial charge in [-0.05, 0) is 139 Å². The van der Waals surface area contributed by atoms with E-state index in [1.165, 1.54) is 99.7 Å². The third kappa shape index (κ3) is 5.86. The molecule has 0 saturated heterocycles. The molecule has 14 rings (SSSR count). The molecule has 0 atom stereocenters. The number of para-hydroxylation sites is 2. The molecule has 0 fully saturated rings. The third-order valence-corrected chi connectivity index (χ3v) is 14.8. The lowest BCUT2D eigenvalue weighted by Gasteiger charge is -2.30. The molecule has 0 unspecified atom stereocenters. The van der Waals surface area contributed by atoms with Crippen LogP contribution >= 0.6 is 0 Å². The lowest BCUT2D eigenvalue weighted by molar-refractivity contribution is 0.794. The van der Waals surface area contributed by atoms with E-state index in [9.17, 15) is 0 Å². The van der Waals surface area contributed by atoms with Gasteiger partial charge in [-0.2, -0.15) is 0 Å². The molecule has 12 aromatic rings. The fraction of sp³-hybridized carbons (Fsp3) is 0.0149. The van der Waals surface area contributed by atoms with Crippen LogP contribution in [0, 0.1) is 0 Å². The van der Waals surface area contributed by atoms with Crippen LogP contribution in [0.2, 0.25) is 0 Å². The second kappa shape index (κ2) is 15.6. The standard InChI is InChI=1S/C67H44N2/c1-3-19-45(20-4-1)47-21-17-24-50(43-47)68(51-41-42-65-59(44-51)56-29-12-16-36-64(56)69(65)48-22-5-2-6-23-48)49-39-37-46(38-40-49)52-25-7-8-26-53(52)57-31-18-35-63-66(57)58-30-11-15-34-62(58)67(63)60-32-13-9-27-54(60)55-28-10-14-33-61(55)67/h1-44H. The van der Waals surface area contributed by atoms with E-state index in [0.29, 0.717) is 0 Å². The van der Waals surface area contributed by atoms with Gasteiger partial charge < -0.3 is 9.47 Å². The topological polar surface area (TPSA) is 8.17 Å². The van der Waals surface area contributed by atoms with Crippen LogP contribution in [-0.4, -0.2) is 4.57 Å². The van der Waals surface area contributed by atoms with Gasteiger partial charge in [-0.25, -0.2) is 0 Å². The first-order valence-electron chi connectivity index (χ1n) is 23.9. The summed E-state index contributed by atoms with van der Waals surface area (Å²) in [4.78, 5) is 2.41. The minimum Gasteiger partial charge on any atom is -0.310 e. The Bertz CT molecular complexity index is 3910. The van der Waals surface area contributed by atoms with E-state index >= 15 is 0 Å². The summed E-state index contributed by atoms with van der Waals surface area (Å²) in [6.07, 6.45) is 0. The van der Waals surface area contributed by atoms with E-state index < -0.39 is 5.41 Å². The van der Waals surface area contributed by atoms with E-state index in [2.05, 4.69) is 276 Å². The number of hydrogen-bond donors (Lipinski definition) is 0. The molecule has 2 aliphatic carbocycles. The van der Waals surface area contributed by atoms with Crippen LogP contribution in [0.1, 0.15) is 22.3 Å². The van der Waals surface area contributed by atoms with Crippen LogP contribution in [0.15, 0.2) is 267 Å². The van der Waals surface area contributed by atoms with Crippen molar-refractivity contribution in [2.24, 2.45) is 0 Å². The van der Waals surface area contributed by atoms with Gasteiger partial charge in [0.1, 0.15) is 0 Å². The first kappa shape index (κ1) is 39.2. The highest BCUT2D eigenvalue weighted by molar-refractivity contribution is 6.11. The number of hydrogen-bond acceptors (Lipinski definition) is 1. The zero-order valence-corrected chi connectivity index (χ0v) is 37.8. The van der Waals surface area contributed by atoms with Gasteiger partial charge in [0.2, 0.25) is 0 Å². The zero-order valence-electron chi connectivity index (χ0n) is 37.8. The summed E-state index contributed by atoms with van der Waals surface area (Å²) in [6, 6.07) is 98.4. The van der Waals surface area contributed by atoms with E-state index in [-0.39, 0.29) is 0 Å². The van der Waals surface area contributed by atoms with Crippen molar-refractivity contribution < 1.29 is 0 Å². The van der Waals surface area contributed by atoms with Gasteiger partial charge >= 0.3 is 0 Å². The van der Waals surface area contributed by atoms with Gasteiger partial charge in [0.15, 0.2) is 0 Å². The number of aromatic nitrogens is 1. The van der Waals surface area contributed by atoms with E-state index in [1.807, 2.05) is 0 Å². The lowest BCUT2D eigenvalue weighted by Crippen LogP contribution is -2.25. The highest BCUT2D eigenvalue weighted by Crippen LogP contribution is 2.64. The molecule has 0 amide bonds. The maximum atomic E-state index is 2.41. The monoisotopic (exact) mass is 876 g/mol. The van der Waals surface area contributed by atoms with Crippen molar-refractivity contribution in [1.29, 1.82) is 0 Å². The normalized spacial score (nSPS) is 12.8. The van der Waals surface area contributed by atoms with Crippen molar-refractivity contribution in [3.8, 4) is 61.3 Å². The molecule has 322 valence electrons. The van der Waals surface area contributed by atoms with Crippen molar-refractivity contribution in [3.63, 3.8) is 0 Å². The van der Waals surface area contributed by atoms with E-state index in [0.717, 1.165) is 22.7 Å². The molecule has 0 saturated carbocycles. The summed E-state index contributed by atoms with van der Waals surface area (Å²) in [5, 5.41) is 2.44. The Kier molecular flexibility index (Phi) is 8.84. The van der Waals surface area contributed by atoms with Gasteiger partial charge in [0.05, 0.1) is 16.4 Å². The largest absolute Gasteiger partial charge is 0.310 e. The van der Waals surface area contributed by atoms with Crippen LogP contribution in [0.25, 0.3) is 83.1 Å². The smallest absolute Gasteiger partial charge is 0.0725 e. The maximum Gasteiger partial charge on any atom is 0.0725 e. The quantitative estimate of drug-likeness (QED) is 0.155. The highest BCUT2D eigenvalue weighted by atomic mass is 15.1. The third-order valence-electron chi connectivity index (χ3n) is 14.8. The Balaban J connectivity index is 0.920. The molecule has 69 heavy (non-hydrogen) atoms. The summed E-state index contributed by atoms with van der Waals surface area (Å²) in [5.41, 5.74) is 24.3. The Hall–Kier alpha value is -8.98. The minimum absolute atomic E-state index is 0.396. The van der Waals surface area contributed by atoms with Crippen LogP contribution in [0.5, 0.6) is 0 Å². The Morgan fingerprint density at radius 2 is 0.783 bits per heavy atom. The van der Waals surface area contributed by atoms with E-state index in [4.69, 9.17) is 0 Å². The first-order chi connectivity index (χ1) is 34.3. The molecule has 0 aliphatic heterocycles. The zero-order chi connectivity index (χ0) is 45.5. The van der Waals surface area contributed by atoms with Crippen LogP contribution < -0.4 is 4.90 Å². The molecule has 0 radical (unpaired) electrons. The van der Waals surface area contributed by atoms with Gasteiger partial charge in [-0.1, -0.05) is 206 Å². The van der Waals surface area contributed by atoms with Crippen molar-refractivity contribution in [3.05, 3.63) is 289 Å². The molecular formula is C67H44N2. The van der Waals surface area contributed by atoms with Crippen molar-refractivity contribution in [1.82, 2.24) is 4.57 Å². The number of rotatable bonds is 7. The molecule has 0 bridgehead atoms. The molecule has 2 nitrogen and oxygen atoms in total. The van der Waals surface area contributed by atoms with Crippen LogP contribution in [-0.2, 0) is 5.41 Å². The molecule has 2 heteroatoms. The Morgan fingerprint density at radius 3 is 1.52 bits per heavy atom. The summed E-state index contributed by atoms with van der Waals surface area (Å²) < 4.78 is 2.38. The lowest BCUT2D eigenvalue weighted by atomic mass is 9.70. The van der Waals surface area contributed by atoms with Gasteiger partial charge in [-0.15, -0.1) is 0 Å². The second-order valence-corrected chi connectivity index (χ2v) is 18.3. The minimum atomic E-state index is -0.396. The number of benzene rings is 11. The number of nitrogens with zero attached hydrogens (tertiary/aromatic N) is 2. The highest BCUT2D eigenvalue weighted by Gasteiger charge is 2.52. The number of fused-ring (bicyclic) bond motifs is 13. The van der Waals surface area contributed by atoms with Crippen LogP contribution in [0.4, 0.5) is 17.1 Å². The maximum absolute atomic E-state index is 2.41. The summed E-state index contributed by atoms with van der Waals surface area (Å²) in [5.74, 6) is 0. The van der Waals surface area contributed by atoms with Crippen molar-refractivity contribution in [2.75, 3.05) is 4.90 Å². The average molecular weight is 877 g/mol.